The first-order valence-corrected chi connectivity index (χ1v) is 7.57. The van der Waals surface area contributed by atoms with Gasteiger partial charge in [0.1, 0.15) is 24.6 Å². The minimum absolute atomic E-state index is 0.160. The zero-order chi connectivity index (χ0) is 18.7. The lowest BCUT2D eigenvalue weighted by molar-refractivity contribution is -0.105. The summed E-state index contributed by atoms with van der Waals surface area (Å²) >= 11 is 0. The van der Waals surface area contributed by atoms with Crippen LogP contribution >= 0.6 is 0 Å². The van der Waals surface area contributed by atoms with E-state index >= 15 is 0 Å². The number of hydrogen-bond donors (Lipinski definition) is 3. The molecule has 4 atom stereocenters. The third-order valence-electron chi connectivity index (χ3n) is 3.98. The normalized spacial score (nSPS) is 26.6. The quantitative estimate of drug-likeness (QED) is 0.314. The van der Waals surface area contributed by atoms with E-state index in [0.717, 1.165) is 9.13 Å². The summed E-state index contributed by atoms with van der Waals surface area (Å²) in [6.07, 6.45) is -0.727. The van der Waals surface area contributed by atoms with Gasteiger partial charge in [-0.05, 0) is 6.92 Å². The Kier molecular flexibility index (Phi) is 5.85. The first-order chi connectivity index (χ1) is 11.8. The Morgan fingerprint density at radius 1 is 1.36 bits per heavy atom. The first-order valence-electron chi connectivity index (χ1n) is 7.57. The topological polar surface area (TPSA) is 131 Å². The molecule has 0 aromatic carbocycles. The van der Waals surface area contributed by atoms with Crippen molar-refractivity contribution in [3.8, 4) is 0 Å². The van der Waals surface area contributed by atoms with Gasteiger partial charge in [-0.3, -0.25) is 18.7 Å². The minimum atomic E-state index is -1.46. The molecule has 1 fully saturated rings. The van der Waals surface area contributed by atoms with E-state index in [-0.39, 0.29) is 17.7 Å². The summed E-state index contributed by atoms with van der Waals surface area (Å²) < 4.78 is 7.12. The van der Waals surface area contributed by atoms with E-state index in [2.05, 4.69) is 6.58 Å². The Balaban J connectivity index is 2.54. The summed E-state index contributed by atoms with van der Waals surface area (Å²) in [6, 6.07) is 0. The van der Waals surface area contributed by atoms with Gasteiger partial charge < -0.3 is 20.1 Å². The fourth-order valence-electron chi connectivity index (χ4n) is 2.65. The van der Waals surface area contributed by atoms with Crippen LogP contribution in [0.3, 0.4) is 0 Å². The second-order valence-corrected chi connectivity index (χ2v) is 5.72. The summed E-state index contributed by atoms with van der Waals surface area (Å²) in [5, 5.41) is 29.1. The molecule has 0 radical (unpaired) electrons. The van der Waals surface area contributed by atoms with Gasteiger partial charge in [-0.15, -0.1) is 0 Å². The zero-order valence-electron chi connectivity index (χ0n) is 13.6. The summed E-state index contributed by atoms with van der Waals surface area (Å²) in [6.45, 7) is 4.11. The first kappa shape index (κ1) is 19.0. The van der Waals surface area contributed by atoms with Crippen LogP contribution in [0.25, 0.3) is 0 Å². The number of allylic oxidation sites excluding steroid dienone is 3. The average Bonchev–Trinajstić information content (AvgIpc) is 2.88. The molecule has 0 bridgehead atoms. The lowest BCUT2D eigenvalue weighted by Gasteiger charge is -2.19. The highest BCUT2D eigenvalue weighted by molar-refractivity contribution is 5.73. The highest BCUT2D eigenvalue weighted by atomic mass is 16.6. The Bertz CT molecular complexity index is 808. The molecule has 3 N–H and O–H groups in total. The van der Waals surface area contributed by atoms with Gasteiger partial charge in [-0.1, -0.05) is 18.7 Å². The van der Waals surface area contributed by atoms with Crippen LogP contribution in [0.2, 0.25) is 0 Å². The van der Waals surface area contributed by atoms with Crippen molar-refractivity contribution in [2.45, 2.75) is 38.0 Å². The third-order valence-corrected chi connectivity index (χ3v) is 3.98. The maximum Gasteiger partial charge on any atom is 0.333 e. The predicted molar refractivity (Wildman–Crippen MR) is 87.1 cm³/mol. The number of aliphatic hydroxyl groups is 3. The molecular weight excluding hydrogens is 332 g/mol. The molecule has 1 saturated heterocycles. The molecule has 9 heteroatoms. The summed E-state index contributed by atoms with van der Waals surface area (Å²) in [7, 11) is 0. The fraction of sp³-hybridized carbons (Fsp3) is 0.438. The maximum atomic E-state index is 12.7. The zero-order valence-corrected chi connectivity index (χ0v) is 13.6. The van der Waals surface area contributed by atoms with Crippen LogP contribution in [0.5, 0.6) is 0 Å². The number of aliphatic hydroxyl groups excluding tert-OH is 3. The number of carbonyl (C=O) groups excluding carboxylic acids is 1. The molecule has 0 aliphatic carbocycles. The van der Waals surface area contributed by atoms with Crippen LogP contribution in [0.4, 0.5) is 0 Å². The molecule has 25 heavy (non-hydrogen) atoms. The van der Waals surface area contributed by atoms with Gasteiger partial charge >= 0.3 is 5.69 Å². The molecule has 1 aliphatic heterocycles. The monoisotopic (exact) mass is 352 g/mol. The van der Waals surface area contributed by atoms with Crippen molar-refractivity contribution in [2.24, 2.45) is 0 Å². The lowest BCUT2D eigenvalue weighted by atomic mass is 10.1. The van der Waals surface area contributed by atoms with Crippen LogP contribution < -0.4 is 11.2 Å². The lowest BCUT2D eigenvalue weighted by Crippen LogP contribution is -2.44. The number of aromatic nitrogens is 2. The van der Waals surface area contributed by atoms with Crippen molar-refractivity contribution in [1.29, 1.82) is 0 Å². The van der Waals surface area contributed by atoms with Gasteiger partial charge in [0.2, 0.25) is 0 Å². The van der Waals surface area contributed by atoms with Gasteiger partial charge in [0.25, 0.3) is 5.56 Å². The Labute approximate surface area is 142 Å². The average molecular weight is 352 g/mol. The van der Waals surface area contributed by atoms with Crippen LogP contribution in [0.15, 0.2) is 40.1 Å². The van der Waals surface area contributed by atoms with Crippen molar-refractivity contribution in [3.05, 3.63) is 56.9 Å². The number of hydrogen-bond acceptors (Lipinski definition) is 7. The van der Waals surface area contributed by atoms with Gasteiger partial charge in [0.15, 0.2) is 6.23 Å². The molecule has 1 aromatic rings. The summed E-state index contributed by atoms with van der Waals surface area (Å²) in [5.74, 6) is 0. The number of carbonyl (C=O) groups is 1. The van der Waals surface area contributed by atoms with Crippen LogP contribution in [0, 0.1) is 6.92 Å². The minimum Gasteiger partial charge on any atom is -0.394 e. The van der Waals surface area contributed by atoms with E-state index < -0.39 is 42.4 Å². The second-order valence-electron chi connectivity index (χ2n) is 5.72. The highest BCUT2D eigenvalue weighted by Crippen LogP contribution is 2.28. The molecule has 2 heterocycles. The Hall–Kier alpha value is -2.33. The van der Waals surface area contributed by atoms with Crippen molar-refractivity contribution < 1.29 is 24.9 Å². The largest absolute Gasteiger partial charge is 0.394 e. The molecule has 0 spiro atoms. The van der Waals surface area contributed by atoms with Crippen LogP contribution in [0.1, 0.15) is 11.8 Å². The maximum absolute atomic E-state index is 12.7. The second kappa shape index (κ2) is 7.70. The standard InChI is InChI=1S/C16H20N2O7/c1-3-4-10(7-19)6-17-14(23)9(2)5-18(16(17)24)15-13(22)12(21)11(8-20)25-15/h3-5,7,11-13,15,20-22H,1,6,8H2,2H3/t11-,12?,13?,15-/m1/s1. The van der Waals surface area contributed by atoms with E-state index in [4.69, 9.17) is 9.84 Å². The van der Waals surface area contributed by atoms with Gasteiger partial charge in [0.05, 0.1) is 13.2 Å². The van der Waals surface area contributed by atoms with Crippen molar-refractivity contribution in [1.82, 2.24) is 9.13 Å². The molecule has 2 rings (SSSR count). The smallest absolute Gasteiger partial charge is 0.333 e. The molecule has 0 amide bonds. The van der Waals surface area contributed by atoms with E-state index in [9.17, 15) is 24.6 Å². The molecule has 1 aromatic heterocycles. The summed E-state index contributed by atoms with van der Waals surface area (Å²) in [4.78, 5) is 36.0. The van der Waals surface area contributed by atoms with E-state index in [0.29, 0.717) is 6.29 Å². The number of nitrogens with zero attached hydrogens (tertiary/aromatic N) is 2. The number of rotatable bonds is 6. The van der Waals surface area contributed by atoms with Crippen molar-refractivity contribution in [2.75, 3.05) is 6.61 Å². The van der Waals surface area contributed by atoms with Crippen molar-refractivity contribution in [3.63, 3.8) is 0 Å². The molecule has 1 aliphatic rings. The third kappa shape index (κ3) is 3.54. The predicted octanol–water partition coefficient (Wildman–Crippen LogP) is -1.76. The van der Waals surface area contributed by atoms with Crippen LogP contribution in [-0.4, -0.2) is 55.7 Å². The number of aldehydes is 1. The molecule has 9 nitrogen and oxygen atoms in total. The van der Waals surface area contributed by atoms with E-state index in [1.54, 1.807) is 0 Å². The number of aryl methyl sites for hydroxylation is 1. The Morgan fingerprint density at radius 2 is 2.04 bits per heavy atom. The molecule has 0 saturated carbocycles. The molecule has 2 unspecified atom stereocenters. The molecule has 136 valence electrons. The molecular formula is C16H20N2O7. The van der Waals surface area contributed by atoms with Gasteiger partial charge in [-0.25, -0.2) is 4.79 Å². The van der Waals surface area contributed by atoms with E-state index in [1.807, 2.05) is 0 Å². The SMILES string of the molecule is C=CC=C(C=O)Cn1c(=O)c(C)cn([C@@H]2O[C@H](CO)C(O)C2O)c1=O. The van der Waals surface area contributed by atoms with Crippen molar-refractivity contribution >= 4 is 6.29 Å². The van der Waals surface area contributed by atoms with Gasteiger partial charge in [-0.2, -0.15) is 0 Å². The fourth-order valence-corrected chi connectivity index (χ4v) is 2.65. The van der Waals surface area contributed by atoms with E-state index in [1.165, 1.54) is 25.3 Å². The van der Waals surface area contributed by atoms with Gasteiger partial charge in [0, 0.05) is 17.3 Å². The summed E-state index contributed by atoms with van der Waals surface area (Å²) in [5.41, 5.74) is -1.07. The number of ether oxygens (including phenoxy) is 1. The van der Waals surface area contributed by atoms with Crippen LogP contribution in [-0.2, 0) is 16.1 Å². The Morgan fingerprint density at radius 3 is 2.56 bits per heavy atom. The highest BCUT2D eigenvalue weighted by Gasteiger charge is 2.44.